The molecule has 0 aromatic carbocycles. The van der Waals surface area contributed by atoms with E-state index in [9.17, 15) is 0 Å². The lowest BCUT2D eigenvalue weighted by molar-refractivity contribution is 0.271. The second kappa shape index (κ2) is 4.11. The number of aliphatic hydroxyl groups is 1. The Morgan fingerprint density at radius 2 is 2.46 bits per heavy atom. The van der Waals surface area contributed by atoms with Crippen LogP contribution in [0.5, 0.6) is 0 Å². The van der Waals surface area contributed by atoms with E-state index in [1.165, 1.54) is 18.6 Å². The van der Waals surface area contributed by atoms with Gasteiger partial charge in [-0.3, -0.25) is 5.10 Å². The molecule has 0 saturated carbocycles. The minimum absolute atomic E-state index is 0.0512. The third kappa shape index (κ3) is 2.03. The fourth-order valence-corrected chi connectivity index (χ4v) is 2.71. The van der Waals surface area contributed by atoms with Crippen molar-refractivity contribution in [2.24, 2.45) is 0 Å². The minimum Gasteiger partial charge on any atom is -0.388 e. The molecular formula is C8H13N3OS. The van der Waals surface area contributed by atoms with E-state index >= 15 is 0 Å². The molecule has 0 amide bonds. The standard InChI is InChI=1S/C8H13N3OS/c12-5-7-9-8(11-10-7)6-3-1-2-4-13-6/h6,12H,1-5H2,(H,9,10,11). The average molecular weight is 199 g/mol. The molecule has 4 nitrogen and oxygen atoms in total. The van der Waals surface area contributed by atoms with Crippen LogP contribution in [-0.4, -0.2) is 26.0 Å². The van der Waals surface area contributed by atoms with Crippen LogP contribution in [0.3, 0.4) is 0 Å². The van der Waals surface area contributed by atoms with Gasteiger partial charge in [0.2, 0.25) is 0 Å². The molecule has 1 aromatic rings. The zero-order valence-electron chi connectivity index (χ0n) is 7.36. The van der Waals surface area contributed by atoms with Crippen molar-refractivity contribution in [1.82, 2.24) is 15.2 Å². The lowest BCUT2D eigenvalue weighted by Crippen LogP contribution is -2.03. The van der Waals surface area contributed by atoms with E-state index in [1.54, 1.807) is 0 Å². The molecule has 2 N–H and O–H groups in total. The monoisotopic (exact) mass is 199 g/mol. The Morgan fingerprint density at radius 1 is 1.54 bits per heavy atom. The van der Waals surface area contributed by atoms with E-state index in [0.717, 1.165) is 12.2 Å². The molecule has 1 fully saturated rings. The van der Waals surface area contributed by atoms with Crippen molar-refractivity contribution in [2.45, 2.75) is 31.1 Å². The highest BCUT2D eigenvalue weighted by molar-refractivity contribution is 7.99. The highest BCUT2D eigenvalue weighted by Crippen LogP contribution is 2.36. The predicted octanol–water partition coefficient (Wildman–Crippen LogP) is 1.26. The largest absolute Gasteiger partial charge is 0.388 e. The maximum absolute atomic E-state index is 8.81. The number of aromatic nitrogens is 3. The molecule has 0 spiro atoms. The van der Waals surface area contributed by atoms with E-state index < -0.39 is 0 Å². The molecule has 0 radical (unpaired) electrons. The van der Waals surface area contributed by atoms with Gasteiger partial charge in [-0.05, 0) is 18.6 Å². The van der Waals surface area contributed by atoms with E-state index in [2.05, 4.69) is 15.2 Å². The van der Waals surface area contributed by atoms with Crippen molar-refractivity contribution in [3.63, 3.8) is 0 Å². The van der Waals surface area contributed by atoms with Crippen LogP contribution in [0.4, 0.5) is 0 Å². The van der Waals surface area contributed by atoms with Gasteiger partial charge in [0.05, 0.1) is 5.25 Å². The lowest BCUT2D eigenvalue weighted by atomic mass is 10.2. The summed E-state index contributed by atoms with van der Waals surface area (Å²) in [6.45, 7) is -0.0512. The number of aliphatic hydroxyl groups excluding tert-OH is 1. The van der Waals surface area contributed by atoms with Crippen LogP contribution in [0.15, 0.2) is 0 Å². The second-order valence-electron chi connectivity index (χ2n) is 3.15. The first-order chi connectivity index (χ1) is 6.40. The van der Waals surface area contributed by atoms with E-state index in [4.69, 9.17) is 5.11 Å². The van der Waals surface area contributed by atoms with Crippen LogP contribution >= 0.6 is 11.8 Å². The summed E-state index contributed by atoms with van der Waals surface area (Å²) >= 11 is 1.91. The molecule has 2 rings (SSSR count). The Bertz CT molecular complexity index is 270. The quantitative estimate of drug-likeness (QED) is 0.752. The Kier molecular flexibility index (Phi) is 2.85. The highest BCUT2D eigenvalue weighted by Gasteiger charge is 2.19. The molecule has 1 aliphatic heterocycles. The second-order valence-corrected chi connectivity index (χ2v) is 4.46. The van der Waals surface area contributed by atoms with Gasteiger partial charge in [0.25, 0.3) is 0 Å². The third-order valence-corrected chi connectivity index (χ3v) is 3.54. The zero-order chi connectivity index (χ0) is 9.10. The summed E-state index contributed by atoms with van der Waals surface area (Å²) in [5, 5.41) is 16.1. The van der Waals surface area contributed by atoms with Crippen molar-refractivity contribution in [3.8, 4) is 0 Å². The van der Waals surface area contributed by atoms with E-state index in [-0.39, 0.29) is 6.61 Å². The number of hydrogen-bond donors (Lipinski definition) is 2. The molecule has 13 heavy (non-hydrogen) atoms. The first-order valence-corrected chi connectivity index (χ1v) is 5.58. The van der Waals surface area contributed by atoms with Gasteiger partial charge in [0.1, 0.15) is 12.4 Å². The number of rotatable bonds is 2. The van der Waals surface area contributed by atoms with Crippen molar-refractivity contribution < 1.29 is 5.11 Å². The summed E-state index contributed by atoms with van der Waals surface area (Å²) in [6, 6.07) is 0. The van der Waals surface area contributed by atoms with Crippen LogP contribution in [0.1, 0.15) is 36.2 Å². The number of H-pyrrole nitrogens is 1. The molecule has 2 heterocycles. The SMILES string of the molecule is OCc1nc(C2CCCCS2)n[nH]1. The average Bonchev–Trinajstić information content (AvgIpc) is 2.67. The Labute approximate surface area is 81.1 Å². The molecule has 0 bridgehead atoms. The van der Waals surface area contributed by atoms with Crippen molar-refractivity contribution in [1.29, 1.82) is 0 Å². The van der Waals surface area contributed by atoms with Crippen LogP contribution in [0.2, 0.25) is 0 Å². The molecule has 1 aliphatic rings. The Morgan fingerprint density at radius 3 is 3.08 bits per heavy atom. The maximum atomic E-state index is 8.81. The van der Waals surface area contributed by atoms with E-state index in [0.29, 0.717) is 11.1 Å². The fourth-order valence-electron chi connectivity index (χ4n) is 1.47. The summed E-state index contributed by atoms with van der Waals surface area (Å²) in [7, 11) is 0. The van der Waals surface area contributed by atoms with Crippen LogP contribution in [0, 0.1) is 0 Å². The summed E-state index contributed by atoms with van der Waals surface area (Å²) in [6.07, 6.45) is 3.73. The minimum atomic E-state index is -0.0512. The number of nitrogens with zero attached hydrogens (tertiary/aromatic N) is 2. The summed E-state index contributed by atoms with van der Waals surface area (Å²) in [5.74, 6) is 2.63. The van der Waals surface area contributed by atoms with Crippen LogP contribution in [-0.2, 0) is 6.61 Å². The van der Waals surface area contributed by atoms with Gasteiger partial charge in [-0.15, -0.1) is 0 Å². The fraction of sp³-hybridized carbons (Fsp3) is 0.750. The summed E-state index contributed by atoms with van der Waals surface area (Å²) in [4.78, 5) is 4.21. The molecule has 1 atom stereocenters. The molecule has 5 heteroatoms. The summed E-state index contributed by atoms with van der Waals surface area (Å²) in [5.41, 5.74) is 0. The van der Waals surface area contributed by atoms with Gasteiger partial charge in [-0.1, -0.05) is 6.42 Å². The topological polar surface area (TPSA) is 61.8 Å². The maximum Gasteiger partial charge on any atom is 0.163 e. The molecule has 0 aliphatic carbocycles. The number of hydrogen-bond acceptors (Lipinski definition) is 4. The van der Waals surface area contributed by atoms with Crippen LogP contribution < -0.4 is 0 Å². The zero-order valence-corrected chi connectivity index (χ0v) is 8.18. The van der Waals surface area contributed by atoms with Crippen molar-refractivity contribution in [2.75, 3.05) is 5.75 Å². The van der Waals surface area contributed by atoms with Gasteiger partial charge < -0.3 is 5.11 Å². The molecular weight excluding hydrogens is 186 g/mol. The van der Waals surface area contributed by atoms with Crippen LogP contribution in [0.25, 0.3) is 0 Å². The molecule has 72 valence electrons. The van der Waals surface area contributed by atoms with Gasteiger partial charge in [0.15, 0.2) is 5.82 Å². The Balaban J connectivity index is 2.05. The van der Waals surface area contributed by atoms with Gasteiger partial charge in [-0.2, -0.15) is 16.9 Å². The van der Waals surface area contributed by atoms with Crippen molar-refractivity contribution >= 4 is 11.8 Å². The first kappa shape index (κ1) is 9.02. The molecule has 1 saturated heterocycles. The predicted molar refractivity (Wildman–Crippen MR) is 51.4 cm³/mol. The van der Waals surface area contributed by atoms with E-state index in [1.807, 2.05) is 11.8 Å². The highest BCUT2D eigenvalue weighted by atomic mass is 32.2. The van der Waals surface area contributed by atoms with Gasteiger partial charge in [0, 0.05) is 0 Å². The number of nitrogens with one attached hydrogen (secondary N) is 1. The van der Waals surface area contributed by atoms with Gasteiger partial charge >= 0.3 is 0 Å². The normalized spacial score (nSPS) is 23.3. The third-order valence-electron chi connectivity index (χ3n) is 2.17. The smallest absolute Gasteiger partial charge is 0.163 e. The lowest BCUT2D eigenvalue weighted by Gasteiger charge is -2.17. The molecule has 1 unspecified atom stereocenters. The van der Waals surface area contributed by atoms with Crippen molar-refractivity contribution in [3.05, 3.63) is 11.6 Å². The van der Waals surface area contributed by atoms with Gasteiger partial charge in [-0.25, -0.2) is 4.98 Å². The number of thioether (sulfide) groups is 1. The molecule has 1 aromatic heterocycles. The Hall–Kier alpha value is -0.550. The summed E-state index contributed by atoms with van der Waals surface area (Å²) < 4.78 is 0. The first-order valence-electron chi connectivity index (χ1n) is 4.54. The number of aromatic amines is 1.